The van der Waals surface area contributed by atoms with E-state index in [4.69, 9.17) is 5.73 Å². The molecular weight excluding hydrogens is 198 g/mol. The number of fused-ring (bicyclic) bond motifs is 1. The molecule has 0 bridgehead atoms. The van der Waals surface area contributed by atoms with E-state index < -0.39 is 0 Å². The number of hydrogen-bond donors (Lipinski definition) is 1. The lowest BCUT2D eigenvalue weighted by Crippen LogP contribution is -2.19. The number of rotatable bonds is 3. The highest BCUT2D eigenvalue weighted by Crippen LogP contribution is 2.27. The second-order valence-corrected chi connectivity index (χ2v) is 5.06. The Morgan fingerprint density at radius 2 is 2.00 bits per heavy atom. The van der Waals surface area contributed by atoms with Gasteiger partial charge in [-0.15, -0.1) is 0 Å². The maximum Gasteiger partial charge on any atom is 0.201 e. The number of nitrogens with two attached hydrogens (primary N) is 1. The van der Waals surface area contributed by atoms with E-state index in [0.29, 0.717) is 5.95 Å². The molecule has 1 heterocycles. The molecule has 3 heteroatoms. The molecule has 0 saturated carbocycles. The van der Waals surface area contributed by atoms with Crippen LogP contribution in [0.3, 0.4) is 0 Å². The number of hydrogen-bond acceptors (Lipinski definition) is 2. The van der Waals surface area contributed by atoms with Crippen LogP contribution < -0.4 is 5.73 Å². The van der Waals surface area contributed by atoms with Crippen molar-refractivity contribution in [1.29, 1.82) is 0 Å². The quantitative estimate of drug-likeness (QED) is 0.858. The van der Waals surface area contributed by atoms with Gasteiger partial charge >= 0.3 is 0 Å². The molecule has 2 N–H and O–H groups in total. The monoisotopic (exact) mass is 217 g/mol. The highest BCUT2D eigenvalue weighted by atomic mass is 15.2. The first-order valence-corrected chi connectivity index (χ1v) is 5.74. The van der Waals surface area contributed by atoms with Gasteiger partial charge in [0.05, 0.1) is 11.0 Å². The molecule has 0 saturated heterocycles. The van der Waals surface area contributed by atoms with E-state index in [0.717, 1.165) is 24.0 Å². The molecule has 0 aliphatic carbocycles. The maximum atomic E-state index is 5.97. The smallest absolute Gasteiger partial charge is 0.201 e. The van der Waals surface area contributed by atoms with E-state index in [1.54, 1.807) is 0 Å². The van der Waals surface area contributed by atoms with Crippen molar-refractivity contribution in [3.8, 4) is 0 Å². The summed E-state index contributed by atoms with van der Waals surface area (Å²) in [5.41, 5.74) is 8.32. The van der Waals surface area contributed by atoms with Gasteiger partial charge in [0.2, 0.25) is 5.95 Å². The van der Waals surface area contributed by atoms with Crippen LogP contribution in [0.1, 0.15) is 27.2 Å². The van der Waals surface area contributed by atoms with Crippen LogP contribution in [-0.4, -0.2) is 9.55 Å². The fraction of sp³-hybridized carbons (Fsp3) is 0.462. The van der Waals surface area contributed by atoms with Crippen molar-refractivity contribution in [2.75, 3.05) is 5.73 Å². The molecule has 16 heavy (non-hydrogen) atoms. The molecule has 86 valence electrons. The van der Waals surface area contributed by atoms with Crippen molar-refractivity contribution in [2.24, 2.45) is 5.41 Å². The van der Waals surface area contributed by atoms with Crippen molar-refractivity contribution >= 4 is 17.0 Å². The number of nitrogens with zero attached hydrogens (tertiary/aromatic N) is 2. The second kappa shape index (κ2) is 3.81. The first-order valence-electron chi connectivity index (χ1n) is 5.74. The van der Waals surface area contributed by atoms with Gasteiger partial charge < -0.3 is 10.3 Å². The van der Waals surface area contributed by atoms with Crippen LogP contribution in [0.5, 0.6) is 0 Å². The van der Waals surface area contributed by atoms with Crippen molar-refractivity contribution in [2.45, 2.75) is 33.7 Å². The fourth-order valence-corrected chi connectivity index (χ4v) is 1.80. The van der Waals surface area contributed by atoms with Crippen LogP contribution in [0.15, 0.2) is 24.3 Å². The Balaban J connectivity index is 2.47. The Hall–Kier alpha value is -1.51. The van der Waals surface area contributed by atoms with Gasteiger partial charge in [-0.2, -0.15) is 0 Å². The van der Waals surface area contributed by atoms with Crippen molar-refractivity contribution in [3.63, 3.8) is 0 Å². The lowest BCUT2D eigenvalue weighted by molar-refractivity contribution is 0.300. The Morgan fingerprint density at radius 3 is 2.69 bits per heavy atom. The SMILES string of the molecule is CCC(C)(C)Cn1c(N)nc2ccccc21. The van der Waals surface area contributed by atoms with Crippen molar-refractivity contribution in [1.82, 2.24) is 9.55 Å². The third-order valence-electron chi connectivity index (χ3n) is 3.23. The molecule has 0 amide bonds. The molecule has 0 spiro atoms. The molecule has 0 aliphatic heterocycles. The van der Waals surface area contributed by atoms with Crippen LogP contribution in [0, 0.1) is 5.41 Å². The topological polar surface area (TPSA) is 43.8 Å². The lowest BCUT2D eigenvalue weighted by atomic mass is 9.90. The first kappa shape index (κ1) is 11.0. The molecule has 0 radical (unpaired) electrons. The predicted octanol–water partition coefficient (Wildman–Crippen LogP) is 3.05. The van der Waals surface area contributed by atoms with Gasteiger partial charge in [-0.25, -0.2) is 4.98 Å². The predicted molar refractivity (Wildman–Crippen MR) is 68.2 cm³/mol. The van der Waals surface area contributed by atoms with Gasteiger partial charge in [0.15, 0.2) is 0 Å². The van der Waals surface area contributed by atoms with E-state index in [-0.39, 0.29) is 5.41 Å². The minimum atomic E-state index is 0.248. The molecule has 0 aliphatic rings. The second-order valence-electron chi connectivity index (χ2n) is 5.06. The molecule has 2 rings (SSSR count). The van der Waals surface area contributed by atoms with Gasteiger partial charge in [-0.3, -0.25) is 0 Å². The standard InChI is InChI=1S/C13H19N3/c1-4-13(2,3)9-16-11-8-6-5-7-10(11)15-12(16)14/h5-8H,4,9H2,1-3H3,(H2,14,15). The minimum Gasteiger partial charge on any atom is -0.369 e. The molecule has 1 aromatic carbocycles. The highest BCUT2D eigenvalue weighted by molar-refractivity contribution is 5.78. The third kappa shape index (κ3) is 1.90. The van der Waals surface area contributed by atoms with Gasteiger partial charge in [-0.05, 0) is 24.0 Å². The number of aromatic nitrogens is 2. The van der Waals surface area contributed by atoms with Crippen LogP contribution in [0.25, 0.3) is 11.0 Å². The third-order valence-corrected chi connectivity index (χ3v) is 3.23. The van der Waals surface area contributed by atoms with Crippen LogP contribution in [0.4, 0.5) is 5.95 Å². The number of benzene rings is 1. The molecule has 1 aromatic heterocycles. The van der Waals surface area contributed by atoms with Crippen molar-refractivity contribution in [3.05, 3.63) is 24.3 Å². The Bertz CT molecular complexity index is 497. The zero-order chi connectivity index (χ0) is 11.8. The average Bonchev–Trinajstić information content (AvgIpc) is 2.56. The van der Waals surface area contributed by atoms with Crippen LogP contribution in [0.2, 0.25) is 0 Å². The fourth-order valence-electron chi connectivity index (χ4n) is 1.80. The van der Waals surface area contributed by atoms with Gasteiger partial charge in [0, 0.05) is 6.54 Å². The lowest BCUT2D eigenvalue weighted by Gasteiger charge is -2.24. The molecular formula is C13H19N3. The number of imidazole rings is 1. The maximum absolute atomic E-state index is 5.97. The van der Waals surface area contributed by atoms with E-state index in [1.165, 1.54) is 0 Å². The van der Waals surface area contributed by atoms with E-state index in [2.05, 4.69) is 36.4 Å². The Morgan fingerprint density at radius 1 is 1.31 bits per heavy atom. The number of anilines is 1. The van der Waals surface area contributed by atoms with Crippen LogP contribution in [-0.2, 0) is 6.54 Å². The van der Waals surface area contributed by atoms with Crippen LogP contribution >= 0.6 is 0 Å². The average molecular weight is 217 g/mol. The normalized spacial score (nSPS) is 12.2. The molecule has 3 nitrogen and oxygen atoms in total. The van der Waals surface area contributed by atoms with Gasteiger partial charge in [0.25, 0.3) is 0 Å². The largest absolute Gasteiger partial charge is 0.369 e. The highest BCUT2D eigenvalue weighted by Gasteiger charge is 2.18. The summed E-state index contributed by atoms with van der Waals surface area (Å²) in [5, 5.41) is 0. The summed E-state index contributed by atoms with van der Waals surface area (Å²) < 4.78 is 2.11. The summed E-state index contributed by atoms with van der Waals surface area (Å²) in [6.07, 6.45) is 1.12. The van der Waals surface area contributed by atoms with Gasteiger partial charge in [-0.1, -0.05) is 32.9 Å². The summed E-state index contributed by atoms with van der Waals surface area (Å²) in [4.78, 5) is 4.37. The van der Waals surface area contributed by atoms with E-state index in [9.17, 15) is 0 Å². The van der Waals surface area contributed by atoms with Crippen molar-refractivity contribution < 1.29 is 0 Å². The number of nitrogen functional groups attached to an aromatic ring is 1. The summed E-state index contributed by atoms with van der Waals surface area (Å²) in [6, 6.07) is 8.09. The summed E-state index contributed by atoms with van der Waals surface area (Å²) >= 11 is 0. The summed E-state index contributed by atoms with van der Waals surface area (Å²) in [7, 11) is 0. The van der Waals surface area contributed by atoms with E-state index in [1.807, 2.05) is 18.2 Å². The number of para-hydroxylation sites is 2. The molecule has 0 unspecified atom stereocenters. The molecule has 0 atom stereocenters. The van der Waals surface area contributed by atoms with Gasteiger partial charge in [0.1, 0.15) is 0 Å². The zero-order valence-electron chi connectivity index (χ0n) is 10.2. The first-order chi connectivity index (χ1) is 7.53. The summed E-state index contributed by atoms with van der Waals surface area (Å²) in [6.45, 7) is 7.62. The van der Waals surface area contributed by atoms with E-state index >= 15 is 0 Å². The zero-order valence-corrected chi connectivity index (χ0v) is 10.2. The Labute approximate surface area is 96.3 Å². The summed E-state index contributed by atoms with van der Waals surface area (Å²) in [5.74, 6) is 0.614. The Kier molecular flexibility index (Phi) is 2.62. The molecule has 2 aromatic rings. The minimum absolute atomic E-state index is 0.248. The molecule has 0 fully saturated rings.